The molecule has 0 unspecified atom stereocenters. The van der Waals surface area contributed by atoms with Crippen molar-refractivity contribution in [1.82, 2.24) is 0 Å². The lowest BCUT2D eigenvalue weighted by molar-refractivity contribution is -0.385. The van der Waals surface area contributed by atoms with Crippen molar-refractivity contribution in [2.45, 2.75) is 19.3 Å². The van der Waals surface area contributed by atoms with Crippen LogP contribution in [0.1, 0.15) is 30.4 Å². The molecule has 8 nitrogen and oxygen atoms in total. The van der Waals surface area contributed by atoms with Crippen LogP contribution in [-0.4, -0.2) is 21.4 Å². The molecule has 1 saturated carbocycles. The van der Waals surface area contributed by atoms with Gasteiger partial charge in [-0.15, -0.1) is 0 Å². The van der Waals surface area contributed by atoms with Gasteiger partial charge in [0.2, 0.25) is 11.6 Å². The molecule has 2 aromatic rings. The number of allylic oxidation sites excluding steroid dienone is 2. The quantitative estimate of drug-likeness (QED) is 0.252. The average molecular weight is 392 g/mol. The third kappa shape index (κ3) is 4.67. The minimum atomic E-state index is -0.603. The monoisotopic (exact) mass is 392 g/mol. The van der Waals surface area contributed by atoms with Crippen LogP contribution in [0.3, 0.4) is 0 Å². The molecule has 0 heterocycles. The molecular formula is C21H16N2O6. The van der Waals surface area contributed by atoms with Crippen molar-refractivity contribution in [1.29, 1.82) is 0 Å². The molecule has 0 radical (unpaired) electrons. The third-order valence-electron chi connectivity index (χ3n) is 4.57. The molecule has 0 N–H and O–H groups in total. The van der Waals surface area contributed by atoms with Crippen molar-refractivity contribution in [3.05, 3.63) is 91.0 Å². The lowest BCUT2D eigenvalue weighted by atomic mass is 10.00. The minimum absolute atomic E-state index is 0.0521. The van der Waals surface area contributed by atoms with E-state index in [-0.39, 0.29) is 11.4 Å². The number of nitro groups is 2. The zero-order valence-electron chi connectivity index (χ0n) is 15.2. The van der Waals surface area contributed by atoms with Gasteiger partial charge in [0.25, 0.3) is 11.4 Å². The van der Waals surface area contributed by atoms with Gasteiger partial charge in [0.1, 0.15) is 0 Å². The van der Waals surface area contributed by atoms with E-state index >= 15 is 0 Å². The maximum Gasteiger partial charge on any atom is 0.269 e. The van der Waals surface area contributed by atoms with E-state index in [4.69, 9.17) is 0 Å². The van der Waals surface area contributed by atoms with Crippen molar-refractivity contribution >= 4 is 35.1 Å². The molecule has 1 fully saturated rings. The molecule has 3 rings (SSSR count). The second-order valence-electron chi connectivity index (χ2n) is 6.55. The number of rotatable bonds is 4. The first-order chi connectivity index (χ1) is 13.8. The summed E-state index contributed by atoms with van der Waals surface area (Å²) in [6, 6.07) is 11.5. The highest BCUT2D eigenvalue weighted by Gasteiger charge is 2.26. The first-order valence-electron chi connectivity index (χ1n) is 8.84. The number of Topliss-reactive ketones (excluding diaryl/α,β-unsaturated/α-hetero) is 2. The van der Waals surface area contributed by atoms with Gasteiger partial charge in [-0.05, 0) is 66.8 Å². The molecule has 0 saturated heterocycles. The molecule has 146 valence electrons. The van der Waals surface area contributed by atoms with Crippen molar-refractivity contribution in [2.75, 3.05) is 0 Å². The number of carbonyl (C=O) groups excluding carboxylic acids is 2. The summed E-state index contributed by atoms with van der Waals surface area (Å²) >= 11 is 0. The summed E-state index contributed by atoms with van der Waals surface area (Å²) in [5.74, 6) is -1.21. The first-order valence-corrected chi connectivity index (χ1v) is 8.84. The van der Waals surface area contributed by atoms with Gasteiger partial charge in [-0.2, -0.15) is 0 Å². The Balaban J connectivity index is 1.83. The zero-order valence-corrected chi connectivity index (χ0v) is 15.2. The smallest absolute Gasteiger partial charge is 0.269 e. The van der Waals surface area contributed by atoms with Crippen LogP contribution in [0.4, 0.5) is 11.4 Å². The Morgan fingerprint density at radius 2 is 1.00 bits per heavy atom. The number of nitro benzene ring substituents is 2. The van der Waals surface area contributed by atoms with Crippen molar-refractivity contribution in [3.8, 4) is 0 Å². The molecule has 0 bridgehead atoms. The molecular weight excluding hydrogens is 376 g/mol. The molecule has 0 amide bonds. The van der Waals surface area contributed by atoms with E-state index in [9.17, 15) is 29.8 Å². The number of hydrogen-bond donors (Lipinski definition) is 0. The van der Waals surface area contributed by atoms with Crippen LogP contribution in [0, 0.1) is 20.2 Å². The van der Waals surface area contributed by atoms with Crippen LogP contribution in [0.15, 0.2) is 59.7 Å². The fraction of sp³-hybridized carbons (Fsp3) is 0.143. The number of nitrogens with zero attached hydrogens (tertiary/aromatic N) is 2. The van der Waals surface area contributed by atoms with E-state index in [1.54, 1.807) is 12.2 Å². The Bertz CT molecular complexity index is 964. The number of benzene rings is 2. The Kier molecular flexibility index (Phi) is 5.73. The standard InChI is InChI=1S/C21H16N2O6/c24-20-16(12-14-4-8-18(9-5-14)22(26)27)2-1-3-17(21(20)25)13-15-6-10-19(11-7-15)23(28)29/h4-13H,1-3H2/b16-12+,17-13+. The maximum atomic E-state index is 12.6. The summed E-state index contributed by atoms with van der Waals surface area (Å²) < 4.78 is 0. The van der Waals surface area contributed by atoms with Gasteiger partial charge in [-0.3, -0.25) is 29.8 Å². The maximum absolute atomic E-state index is 12.6. The number of non-ortho nitro benzene ring substituents is 2. The number of hydrogen-bond acceptors (Lipinski definition) is 6. The van der Waals surface area contributed by atoms with Gasteiger partial charge in [-0.1, -0.05) is 0 Å². The van der Waals surface area contributed by atoms with Gasteiger partial charge in [-0.25, -0.2) is 0 Å². The van der Waals surface area contributed by atoms with Crippen LogP contribution in [0.2, 0.25) is 0 Å². The highest BCUT2D eigenvalue weighted by Crippen LogP contribution is 2.26. The van der Waals surface area contributed by atoms with Crippen LogP contribution < -0.4 is 0 Å². The van der Waals surface area contributed by atoms with E-state index in [0.29, 0.717) is 41.5 Å². The Morgan fingerprint density at radius 3 is 1.31 bits per heavy atom. The van der Waals surface area contributed by atoms with Gasteiger partial charge < -0.3 is 0 Å². The second kappa shape index (κ2) is 8.39. The van der Waals surface area contributed by atoms with E-state index in [1.807, 2.05) is 0 Å². The summed E-state index contributed by atoms with van der Waals surface area (Å²) in [7, 11) is 0. The zero-order chi connectivity index (χ0) is 21.0. The summed E-state index contributed by atoms with van der Waals surface area (Å²) in [5, 5.41) is 21.5. The summed E-state index contributed by atoms with van der Waals surface area (Å²) in [6.45, 7) is 0. The van der Waals surface area contributed by atoms with E-state index < -0.39 is 21.4 Å². The molecule has 0 atom stereocenters. The summed E-state index contributed by atoms with van der Waals surface area (Å²) in [6.07, 6.45) is 4.59. The molecule has 0 aliphatic heterocycles. The molecule has 29 heavy (non-hydrogen) atoms. The highest BCUT2D eigenvalue weighted by atomic mass is 16.6. The summed E-state index contributed by atoms with van der Waals surface area (Å²) in [4.78, 5) is 45.7. The average Bonchev–Trinajstić information content (AvgIpc) is 2.83. The molecule has 1 aliphatic carbocycles. The van der Waals surface area contributed by atoms with Crippen molar-refractivity contribution in [2.24, 2.45) is 0 Å². The van der Waals surface area contributed by atoms with E-state index in [0.717, 1.165) is 0 Å². The fourth-order valence-corrected chi connectivity index (χ4v) is 3.05. The Morgan fingerprint density at radius 1 is 0.655 bits per heavy atom. The predicted octanol–water partition coefficient (Wildman–Crippen LogP) is 4.29. The van der Waals surface area contributed by atoms with Crippen molar-refractivity contribution < 1.29 is 19.4 Å². The lowest BCUT2D eigenvalue weighted by Gasteiger charge is -2.02. The van der Waals surface area contributed by atoms with Gasteiger partial charge >= 0.3 is 0 Å². The van der Waals surface area contributed by atoms with Gasteiger partial charge in [0.05, 0.1) is 9.85 Å². The van der Waals surface area contributed by atoms with Gasteiger partial charge in [0, 0.05) is 35.4 Å². The molecule has 0 aromatic heterocycles. The molecule has 1 aliphatic rings. The largest absolute Gasteiger partial charge is 0.285 e. The highest BCUT2D eigenvalue weighted by molar-refractivity contribution is 6.50. The van der Waals surface area contributed by atoms with Crippen LogP contribution in [0.5, 0.6) is 0 Å². The predicted molar refractivity (Wildman–Crippen MR) is 106 cm³/mol. The lowest BCUT2D eigenvalue weighted by Crippen LogP contribution is -2.15. The summed E-state index contributed by atoms with van der Waals surface area (Å²) in [5.41, 5.74) is 1.82. The SMILES string of the molecule is O=C1C(=O)/C(=C/c2ccc([N+](=O)[O-])cc2)CCC/C1=C\c1ccc([N+](=O)[O-])cc1. The van der Waals surface area contributed by atoms with E-state index in [2.05, 4.69) is 0 Å². The number of carbonyl (C=O) groups is 2. The topological polar surface area (TPSA) is 120 Å². The van der Waals surface area contributed by atoms with Crippen LogP contribution in [0.25, 0.3) is 12.2 Å². The van der Waals surface area contributed by atoms with E-state index in [1.165, 1.54) is 48.5 Å². The van der Waals surface area contributed by atoms with Gasteiger partial charge in [0.15, 0.2) is 0 Å². The van der Waals surface area contributed by atoms with Crippen molar-refractivity contribution in [3.63, 3.8) is 0 Å². The second-order valence-corrected chi connectivity index (χ2v) is 6.55. The fourth-order valence-electron chi connectivity index (χ4n) is 3.05. The minimum Gasteiger partial charge on any atom is -0.285 e. The normalized spacial score (nSPS) is 17.4. The molecule has 2 aromatic carbocycles. The van der Waals surface area contributed by atoms with Crippen LogP contribution in [-0.2, 0) is 9.59 Å². The Hall–Kier alpha value is -3.94. The van der Waals surface area contributed by atoms with Crippen LogP contribution >= 0.6 is 0 Å². The molecule has 8 heteroatoms. The number of ketones is 2. The third-order valence-corrected chi connectivity index (χ3v) is 4.57. The first kappa shape index (κ1) is 19.8. The Labute approximate surface area is 165 Å². The molecule has 0 spiro atoms.